The molecule has 1 aromatic carbocycles. The summed E-state index contributed by atoms with van der Waals surface area (Å²) < 4.78 is 5.26. The fourth-order valence-corrected chi connectivity index (χ4v) is 2.44. The summed E-state index contributed by atoms with van der Waals surface area (Å²) in [6.07, 6.45) is 0.894. The molecule has 6 heteroatoms. The lowest BCUT2D eigenvalue weighted by atomic mass is 10.1. The summed E-state index contributed by atoms with van der Waals surface area (Å²) in [4.78, 5) is 28.5. The number of nitrogens with zero attached hydrogens (tertiary/aromatic N) is 2. The maximum absolute atomic E-state index is 12.4. The fourth-order valence-electron chi connectivity index (χ4n) is 2.44. The number of ether oxygens (including phenoxy) is 1. The van der Waals surface area contributed by atoms with E-state index in [1.54, 1.807) is 29.2 Å². The average Bonchev–Trinajstić information content (AvgIpc) is 2.58. The summed E-state index contributed by atoms with van der Waals surface area (Å²) in [7, 11) is 4.01. The monoisotopic (exact) mass is 319 g/mol. The van der Waals surface area contributed by atoms with Gasteiger partial charge in [0.05, 0.1) is 13.2 Å². The van der Waals surface area contributed by atoms with Crippen LogP contribution in [0.25, 0.3) is 0 Å². The van der Waals surface area contributed by atoms with E-state index in [2.05, 4.69) is 10.2 Å². The van der Waals surface area contributed by atoms with Crippen molar-refractivity contribution in [2.75, 3.05) is 53.5 Å². The number of amides is 2. The van der Waals surface area contributed by atoms with Crippen LogP contribution in [0, 0.1) is 0 Å². The van der Waals surface area contributed by atoms with Crippen LogP contribution in [-0.2, 0) is 4.74 Å². The Morgan fingerprint density at radius 3 is 2.61 bits per heavy atom. The number of carbonyl (C=O) groups excluding carboxylic acids is 2. The molecule has 1 saturated heterocycles. The third-order valence-corrected chi connectivity index (χ3v) is 3.74. The highest BCUT2D eigenvalue weighted by Crippen LogP contribution is 2.10. The highest BCUT2D eigenvalue weighted by Gasteiger charge is 2.19. The zero-order valence-electron chi connectivity index (χ0n) is 13.9. The Kier molecular flexibility index (Phi) is 6.55. The van der Waals surface area contributed by atoms with Crippen LogP contribution in [0.1, 0.15) is 27.1 Å². The van der Waals surface area contributed by atoms with Crippen LogP contribution < -0.4 is 5.32 Å². The Morgan fingerprint density at radius 2 is 1.91 bits per heavy atom. The molecule has 0 saturated carbocycles. The van der Waals surface area contributed by atoms with E-state index >= 15 is 0 Å². The summed E-state index contributed by atoms with van der Waals surface area (Å²) in [6.45, 7) is 3.88. The zero-order valence-corrected chi connectivity index (χ0v) is 13.9. The molecular formula is C17H25N3O3. The van der Waals surface area contributed by atoms with Crippen LogP contribution in [0.15, 0.2) is 24.3 Å². The SMILES string of the molecule is CN(C)CCCNC(=O)c1cccc(C(=O)N2CCOCC2)c1. The van der Waals surface area contributed by atoms with Crippen LogP contribution in [-0.4, -0.2) is 75.1 Å². The summed E-state index contributed by atoms with van der Waals surface area (Å²) in [5, 5.41) is 2.89. The second-order valence-electron chi connectivity index (χ2n) is 5.90. The normalized spacial score (nSPS) is 14.8. The molecule has 0 spiro atoms. The van der Waals surface area contributed by atoms with Crippen LogP contribution in [0.3, 0.4) is 0 Å². The van der Waals surface area contributed by atoms with Gasteiger partial charge >= 0.3 is 0 Å². The van der Waals surface area contributed by atoms with Gasteiger partial charge in [0, 0.05) is 30.8 Å². The first-order valence-corrected chi connectivity index (χ1v) is 7.98. The van der Waals surface area contributed by atoms with Crippen LogP contribution >= 0.6 is 0 Å². The summed E-state index contributed by atoms with van der Waals surface area (Å²) >= 11 is 0. The van der Waals surface area contributed by atoms with E-state index in [1.807, 2.05) is 14.1 Å². The highest BCUT2D eigenvalue weighted by molar-refractivity contribution is 5.99. The van der Waals surface area contributed by atoms with Crippen molar-refractivity contribution in [3.63, 3.8) is 0 Å². The fraction of sp³-hybridized carbons (Fsp3) is 0.529. The van der Waals surface area contributed by atoms with Crippen molar-refractivity contribution in [2.24, 2.45) is 0 Å². The van der Waals surface area contributed by atoms with Gasteiger partial charge in [-0.25, -0.2) is 0 Å². The Morgan fingerprint density at radius 1 is 1.22 bits per heavy atom. The molecule has 0 radical (unpaired) electrons. The molecule has 126 valence electrons. The average molecular weight is 319 g/mol. The number of morpholine rings is 1. The molecule has 23 heavy (non-hydrogen) atoms. The second kappa shape index (κ2) is 8.64. The first-order chi connectivity index (χ1) is 11.1. The van der Waals surface area contributed by atoms with Gasteiger partial charge in [0.15, 0.2) is 0 Å². The summed E-state index contributed by atoms with van der Waals surface area (Å²) in [5.74, 6) is -0.184. The van der Waals surface area contributed by atoms with E-state index in [0.29, 0.717) is 44.0 Å². The number of rotatable bonds is 6. The van der Waals surface area contributed by atoms with Crippen LogP contribution in [0.2, 0.25) is 0 Å². The maximum atomic E-state index is 12.4. The van der Waals surface area contributed by atoms with Gasteiger partial charge < -0.3 is 19.9 Å². The van der Waals surface area contributed by atoms with Crippen molar-refractivity contribution >= 4 is 11.8 Å². The quantitative estimate of drug-likeness (QED) is 0.790. The Hall–Kier alpha value is -1.92. The molecular weight excluding hydrogens is 294 g/mol. The van der Waals surface area contributed by atoms with Gasteiger partial charge in [-0.3, -0.25) is 9.59 Å². The van der Waals surface area contributed by atoms with Crippen LogP contribution in [0.4, 0.5) is 0 Å². The van der Waals surface area contributed by atoms with Crippen molar-refractivity contribution in [1.82, 2.24) is 15.1 Å². The molecule has 0 atom stereocenters. The van der Waals surface area contributed by atoms with E-state index in [1.165, 1.54) is 0 Å². The van der Waals surface area contributed by atoms with Gasteiger partial charge in [-0.15, -0.1) is 0 Å². The van der Waals surface area contributed by atoms with Gasteiger partial charge in [-0.1, -0.05) is 6.07 Å². The molecule has 1 fully saturated rings. The smallest absolute Gasteiger partial charge is 0.254 e. The molecule has 2 amide bonds. The topological polar surface area (TPSA) is 61.9 Å². The molecule has 0 aliphatic carbocycles. The van der Waals surface area contributed by atoms with Crippen molar-refractivity contribution in [3.05, 3.63) is 35.4 Å². The van der Waals surface area contributed by atoms with E-state index in [4.69, 9.17) is 4.74 Å². The summed E-state index contributed by atoms with van der Waals surface area (Å²) in [5.41, 5.74) is 1.07. The number of hydrogen-bond acceptors (Lipinski definition) is 4. The molecule has 1 heterocycles. The first kappa shape index (κ1) is 17.4. The zero-order chi connectivity index (χ0) is 16.7. The van der Waals surface area contributed by atoms with Gasteiger partial charge in [0.2, 0.25) is 0 Å². The van der Waals surface area contributed by atoms with E-state index < -0.39 is 0 Å². The third kappa shape index (κ3) is 5.33. The minimum absolute atomic E-state index is 0.0458. The molecule has 1 aliphatic heterocycles. The van der Waals surface area contributed by atoms with Gasteiger partial charge in [-0.2, -0.15) is 0 Å². The Labute approximate surface area is 137 Å². The van der Waals surface area contributed by atoms with Gasteiger partial charge in [-0.05, 0) is 45.3 Å². The van der Waals surface area contributed by atoms with Gasteiger partial charge in [0.1, 0.15) is 0 Å². The third-order valence-electron chi connectivity index (χ3n) is 3.74. The largest absolute Gasteiger partial charge is 0.378 e. The Bertz CT molecular complexity index is 540. The molecule has 0 unspecified atom stereocenters. The predicted octanol–water partition coefficient (Wildman–Crippen LogP) is 0.841. The molecule has 0 aromatic heterocycles. The summed E-state index contributed by atoms with van der Waals surface area (Å²) in [6, 6.07) is 6.90. The molecule has 2 rings (SSSR count). The van der Waals surface area contributed by atoms with Crippen molar-refractivity contribution in [1.29, 1.82) is 0 Å². The van der Waals surface area contributed by atoms with Gasteiger partial charge in [0.25, 0.3) is 11.8 Å². The molecule has 0 bridgehead atoms. The van der Waals surface area contributed by atoms with Crippen LogP contribution in [0.5, 0.6) is 0 Å². The van der Waals surface area contributed by atoms with Crippen molar-refractivity contribution in [3.8, 4) is 0 Å². The lowest BCUT2D eigenvalue weighted by Gasteiger charge is -2.27. The second-order valence-corrected chi connectivity index (χ2v) is 5.90. The lowest BCUT2D eigenvalue weighted by molar-refractivity contribution is 0.0303. The number of hydrogen-bond donors (Lipinski definition) is 1. The molecule has 1 aromatic rings. The van der Waals surface area contributed by atoms with Crippen molar-refractivity contribution in [2.45, 2.75) is 6.42 Å². The standard InChI is InChI=1S/C17H25N3O3/c1-19(2)8-4-7-18-16(21)14-5-3-6-15(13-14)17(22)20-9-11-23-12-10-20/h3,5-6,13H,4,7-12H2,1-2H3,(H,18,21). The first-order valence-electron chi connectivity index (χ1n) is 7.98. The van der Waals surface area contributed by atoms with E-state index in [9.17, 15) is 9.59 Å². The maximum Gasteiger partial charge on any atom is 0.254 e. The number of benzene rings is 1. The van der Waals surface area contributed by atoms with Crippen molar-refractivity contribution < 1.29 is 14.3 Å². The van der Waals surface area contributed by atoms with E-state index in [-0.39, 0.29) is 11.8 Å². The molecule has 6 nitrogen and oxygen atoms in total. The Balaban J connectivity index is 1.93. The predicted molar refractivity (Wildman–Crippen MR) is 88.7 cm³/mol. The van der Waals surface area contributed by atoms with E-state index in [0.717, 1.165) is 13.0 Å². The number of nitrogens with one attached hydrogen (secondary N) is 1. The lowest BCUT2D eigenvalue weighted by Crippen LogP contribution is -2.40. The molecule has 1 N–H and O–H groups in total. The molecule has 1 aliphatic rings. The minimum Gasteiger partial charge on any atom is -0.378 e. The minimum atomic E-state index is -0.139. The number of carbonyl (C=O) groups is 2. The highest BCUT2D eigenvalue weighted by atomic mass is 16.5.